The van der Waals surface area contributed by atoms with E-state index in [4.69, 9.17) is 10.2 Å². The van der Waals surface area contributed by atoms with Crippen LogP contribution in [0.5, 0.6) is 0 Å². The Hall–Kier alpha value is -2.67. The van der Waals surface area contributed by atoms with E-state index in [1.54, 1.807) is 6.08 Å². The monoisotopic (exact) mass is 278 g/mol. The van der Waals surface area contributed by atoms with E-state index in [1.807, 2.05) is 0 Å². The van der Waals surface area contributed by atoms with Gasteiger partial charge >= 0.3 is 11.9 Å². The average molecular weight is 278 g/mol. The smallest absolute Gasteiger partial charge is 0.335 e. The van der Waals surface area contributed by atoms with Crippen molar-refractivity contribution in [2.45, 2.75) is 0 Å². The molecule has 1 amide bonds. The van der Waals surface area contributed by atoms with Gasteiger partial charge in [-0.2, -0.15) is 0 Å². The maximum absolute atomic E-state index is 11.5. The molecular weight excluding hydrogens is 264 g/mol. The second kappa shape index (κ2) is 7.05. The van der Waals surface area contributed by atoms with Crippen molar-refractivity contribution in [1.82, 2.24) is 5.32 Å². The van der Waals surface area contributed by atoms with E-state index >= 15 is 0 Å². The van der Waals surface area contributed by atoms with Crippen molar-refractivity contribution in [2.75, 3.05) is 18.4 Å². The van der Waals surface area contributed by atoms with E-state index in [9.17, 15) is 14.4 Å². The van der Waals surface area contributed by atoms with Crippen LogP contribution in [0.25, 0.3) is 0 Å². The quantitative estimate of drug-likeness (QED) is 0.433. The van der Waals surface area contributed by atoms with Crippen LogP contribution >= 0.6 is 0 Å². The number of aromatic carboxylic acids is 2. The van der Waals surface area contributed by atoms with Gasteiger partial charge in [0.15, 0.2) is 0 Å². The first-order chi connectivity index (χ1) is 9.43. The molecule has 0 atom stereocenters. The number of benzene rings is 1. The number of carboxylic acid groups (broad SMARTS) is 2. The summed E-state index contributed by atoms with van der Waals surface area (Å²) in [6, 6.07) is 3.41. The molecule has 0 aliphatic heterocycles. The first-order valence-electron chi connectivity index (χ1n) is 5.67. The fourth-order valence-electron chi connectivity index (χ4n) is 1.44. The largest absolute Gasteiger partial charge is 0.478 e. The lowest BCUT2D eigenvalue weighted by Crippen LogP contribution is -2.28. The number of carboxylic acids is 2. The maximum Gasteiger partial charge on any atom is 0.335 e. The Labute approximate surface area is 114 Å². The van der Waals surface area contributed by atoms with Crippen LogP contribution < -0.4 is 10.6 Å². The molecule has 0 saturated carbocycles. The Kier molecular flexibility index (Phi) is 5.42. The molecule has 0 fully saturated rings. The van der Waals surface area contributed by atoms with Crippen molar-refractivity contribution < 1.29 is 24.6 Å². The molecular formula is C13H14N2O5. The SMILES string of the molecule is C=CCNCC(=O)Nc1cc(C(=O)O)cc(C(=O)O)c1. The molecule has 0 saturated heterocycles. The molecule has 0 aliphatic carbocycles. The number of carbonyl (C=O) groups excluding carboxylic acids is 1. The molecule has 1 rings (SSSR count). The van der Waals surface area contributed by atoms with Gasteiger partial charge in [0.1, 0.15) is 0 Å². The number of rotatable bonds is 7. The van der Waals surface area contributed by atoms with E-state index in [0.29, 0.717) is 6.54 Å². The van der Waals surface area contributed by atoms with Gasteiger partial charge in [-0.25, -0.2) is 9.59 Å². The van der Waals surface area contributed by atoms with Gasteiger partial charge in [-0.3, -0.25) is 4.79 Å². The fraction of sp³-hybridized carbons (Fsp3) is 0.154. The average Bonchev–Trinajstić information content (AvgIpc) is 2.38. The zero-order chi connectivity index (χ0) is 15.1. The number of hydrogen-bond acceptors (Lipinski definition) is 4. The molecule has 0 unspecified atom stereocenters. The van der Waals surface area contributed by atoms with Crippen molar-refractivity contribution in [1.29, 1.82) is 0 Å². The Balaban J connectivity index is 2.88. The lowest BCUT2D eigenvalue weighted by Gasteiger charge is -2.08. The number of carbonyl (C=O) groups is 3. The third kappa shape index (κ3) is 4.54. The van der Waals surface area contributed by atoms with Gasteiger partial charge in [-0.15, -0.1) is 6.58 Å². The molecule has 1 aromatic carbocycles. The molecule has 0 heterocycles. The third-order valence-electron chi connectivity index (χ3n) is 2.28. The highest BCUT2D eigenvalue weighted by Gasteiger charge is 2.12. The summed E-state index contributed by atoms with van der Waals surface area (Å²) in [5, 5.41) is 23.0. The van der Waals surface area contributed by atoms with Crippen LogP contribution in [-0.4, -0.2) is 41.1 Å². The summed E-state index contributed by atoms with van der Waals surface area (Å²) in [6.07, 6.45) is 1.58. The summed E-state index contributed by atoms with van der Waals surface area (Å²) in [5.74, 6) is -2.95. The minimum absolute atomic E-state index is 0.00568. The lowest BCUT2D eigenvalue weighted by molar-refractivity contribution is -0.115. The lowest BCUT2D eigenvalue weighted by atomic mass is 10.1. The first-order valence-corrected chi connectivity index (χ1v) is 5.67. The summed E-state index contributed by atoms with van der Waals surface area (Å²) in [6.45, 7) is 3.93. The Morgan fingerprint density at radius 1 is 1.10 bits per heavy atom. The van der Waals surface area contributed by atoms with Crippen LogP contribution in [0.15, 0.2) is 30.9 Å². The maximum atomic E-state index is 11.5. The highest BCUT2D eigenvalue weighted by Crippen LogP contribution is 2.15. The summed E-state index contributed by atoms with van der Waals surface area (Å²) in [4.78, 5) is 33.3. The Morgan fingerprint density at radius 2 is 1.65 bits per heavy atom. The van der Waals surface area contributed by atoms with Gasteiger partial charge in [0, 0.05) is 12.2 Å². The van der Waals surface area contributed by atoms with E-state index in [-0.39, 0.29) is 23.4 Å². The number of hydrogen-bond donors (Lipinski definition) is 4. The van der Waals surface area contributed by atoms with E-state index in [1.165, 1.54) is 12.1 Å². The van der Waals surface area contributed by atoms with Crippen molar-refractivity contribution in [3.05, 3.63) is 42.0 Å². The highest BCUT2D eigenvalue weighted by molar-refractivity contribution is 5.98. The van der Waals surface area contributed by atoms with Crippen LogP contribution in [0.1, 0.15) is 20.7 Å². The van der Waals surface area contributed by atoms with Crippen LogP contribution in [0, 0.1) is 0 Å². The molecule has 7 heteroatoms. The van der Waals surface area contributed by atoms with Crippen molar-refractivity contribution in [3.63, 3.8) is 0 Å². The second-order valence-electron chi connectivity index (χ2n) is 3.88. The predicted molar refractivity (Wildman–Crippen MR) is 72.1 cm³/mol. The van der Waals surface area contributed by atoms with Gasteiger partial charge in [0.25, 0.3) is 0 Å². The molecule has 0 spiro atoms. The van der Waals surface area contributed by atoms with Crippen LogP contribution in [0.4, 0.5) is 5.69 Å². The minimum Gasteiger partial charge on any atom is -0.478 e. The van der Waals surface area contributed by atoms with E-state index < -0.39 is 17.8 Å². The Bertz CT molecular complexity index is 521. The standard InChI is InChI=1S/C13H14N2O5/c1-2-3-14-7-11(16)15-10-5-8(12(17)18)4-9(6-10)13(19)20/h2,4-6,14H,1,3,7H2,(H,15,16)(H,17,18)(H,19,20). The van der Waals surface area contributed by atoms with Crippen LogP contribution in [-0.2, 0) is 4.79 Å². The molecule has 1 aromatic rings. The molecule has 0 radical (unpaired) electrons. The number of nitrogens with one attached hydrogen (secondary N) is 2. The van der Waals surface area contributed by atoms with Crippen LogP contribution in [0.2, 0.25) is 0 Å². The molecule has 4 N–H and O–H groups in total. The van der Waals surface area contributed by atoms with Gasteiger partial charge < -0.3 is 20.8 Å². The van der Waals surface area contributed by atoms with Gasteiger partial charge in [-0.1, -0.05) is 6.08 Å². The zero-order valence-corrected chi connectivity index (χ0v) is 10.5. The van der Waals surface area contributed by atoms with Crippen molar-refractivity contribution in [3.8, 4) is 0 Å². The van der Waals surface area contributed by atoms with Gasteiger partial charge in [0.05, 0.1) is 17.7 Å². The summed E-state index contributed by atoms with van der Waals surface area (Å²) < 4.78 is 0. The molecule has 7 nitrogen and oxygen atoms in total. The zero-order valence-electron chi connectivity index (χ0n) is 10.5. The predicted octanol–water partition coefficient (Wildman–Crippen LogP) is 0.797. The molecule has 106 valence electrons. The summed E-state index contributed by atoms with van der Waals surface area (Å²) in [5.41, 5.74) is -0.300. The fourth-order valence-corrected chi connectivity index (χ4v) is 1.44. The minimum atomic E-state index is -1.27. The molecule has 20 heavy (non-hydrogen) atoms. The van der Waals surface area contributed by atoms with Gasteiger partial charge in [0.2, 0.25) is 5.91 Å². The number of anilines is 1. The first kappa shape index (κ1) is 15.4. The number of amides is 1. The van der Waals surface area contributed by atoms with E-state index in [2.05, 4.69) is 17.2 Å². The topological polar surface area (TPSA) is 116 Å². The molecule has 0 aliphatic rings. The second-order valence-corrected chi connectivity index (χ2v) is 3.88. The van der Waals surface area contributed by atoms with Crippen molar-refractivity contribution >= 4 is 23.5 Å². The van der Waals surface area contributed by atoms with E-state index in [0.717, 1.165) is 6.07 Å². The summed E-state index contributed by atoms with van der Waals surface area (Å²) in [7, 11) is 0. The van der Waals surface area contributed by atoms with Crippen LogP contribution in [0.3, 0.4) is 0 Å². The van der Waals surface area contributed by atoms with Crippen molar-refractivity contribution in [2.24, 2.45) is 0 Å². The highest BCUT2D eigenvalue weighted by atomic mass is 16.4. The molecule has 0 aromatic heterocycles. The third-order valence-corrected chi connectivity index (χ3v) is 2.28. The molecule has 0 bridgehead atoms. The van der Waals surface area contributed by atoms with Gasteiger partial charge in [-0.05, 0) is 18.2 Å². The summed E-state index contributed by atoms with van der Waals surface area (Å²) >= 11 is 0. The Morgan fingerprint density at radius 3 is 2.10 bits per heavy atom. The normalized spacial score (nSPS) is 9.80.